The van der Waals surface area contributed by atoms with Crippen LogP contribution in [0.25, 0.3) is 0 Å². The van der Waals surface area contributed by atoms with Gasteiger partial charge >= 0.3 is 0 Å². The second-order valence-electron chi connectivity index (χ2n) is 3.34. The Hall–Kier alpha value is -0.420. The summed E-state index contributed by atoms with van der Waals surface area (Å²) in [5.74, 6) is 0.0594. The highest BCUT2D eigenvalue weighted by Crippen LogP contribution is 2.21. The first kappa shape index (κ1) is 11.1. The molecule has 1 fully saturated rings. The van der Waals surface area contributed by atoms with E-state index in [-0.39, 0.29) is 5.78 Å². The van der Waals surface area contributed by atoms with Gasteiger partial charge in [0.15, 0.2) is 5.78 Å². The van der Waals surface area contributed by atoms with Crippen molar-refractivity contribution in [3.05, 3.63) is 21.3 Å². The molecule has 1 aliphatic rings. The summed E-state index contributed by atoms with van der Waals surface area (Å²) in [6.07, 6.45) is -0.0329. The lowest BCUT2D eigenvalue weighted by Crippen LogP contribution is -2.36. The molecule has 82 valence electrons. The van der Waals surface area contributed by atoms with E-state index in [1.807, 2.05) is 11.4 Å². The standard InChI is InChI=1S/C10H11ClO3S/c11-10-4-7(6-15-10)3-8(12)9-5-13-1-2-14-9/h4,6,9H,1-3,5H2. The van der Waals surface area contributed by atoms with Crippen LogP contribution in [0.4, 0.5) is 0 Å². The van der Waals surface area contributed by atoms with Crippen LogP contribution >= 0.6 is 22.9 Å². The van der Waals surface area contributed by atoms with Crippen molar-refractivity contribution in [2.24, 2.45) is 0 Å². The highest BCUT2D eigenvalue weighted by molar-refractivity contribution is 7.14. The van der Waals surface area contributed by atoms with E-state index in [0.717, 1.165) is 5.56 Å². The molecular weight excluding hydrogens is 236 g/mol. The third-order valence-corrected chi connectivity index (χ3v) is 3.32. The van der Waals surface area contributed by atoms with Crippen molar-refractivity contribution in [1.82, 2.24) is 0 Å². The molecule has 0 aromatic carbocycles. The molecule has 0 N–H and O–H groups in total. The van der Waals surface area contributed by atoms with Gasteiger partial charge in [-0.05, 0) is 17.0 Å². The van der Waals surface area contributed by atoms with Crippen LogP contribution in [0.2, 0.25) is 4.34 Å². The number of hydrogen-bond acceptors (Lipinski definition) is 4. The van der Waals surface area contributed by atoms with Gasteiger partial charge in [-0.3, -0.25) is 4.79 Å². The van der Waals surface area contributed by atoms with Gasteiger partial charge < -0.3 is 9.47 Å². The maximum Gasteiger partial charge on any atom is 0.168 e. The third kappa shape index (κ3) is 3.01. The summed E-state index contributed by atoms with van der Waals surface area (Å²) in [5.41, 5.74) is 0.948. The summed E-state index contributed by atoms with van der Waals surface area (Å²) in [5, 5.41) is 1.89. The van der Waals surface area contributed by atoms with Gasteiger partial charge in [-0.1, -0.05) is 11.6 Å². The molecule has 1 atom stereocenters. The zero-order valence-corrected chi connectivity index (χ0v) is 9.64. The minimum atomic E-state index is -0.405. The van der Waals surface area contributed by atoms with Crippen molar-refractivity contribution >= 4 is 28.7 Å². The highest BCUT2D eigenvalue weighted by atomic mass is 35.5. The summed E-state index contributed by atoms with van der Waals surface area (Å²) < 4.78 is 11.2. The second kappa shape index (κ2) is 5.07. The Bertz CT molecular complexity index is 344. The Balaban J connectivity index is 1.91. The zero-order valence-electron chi connectivity index (χ0n) is 8.07. The van der Waals surface area contributed by atoms with E-state index in [2.05, 4.69) is 0 Å². The van der Waals surface area contributed by atoms with Crippen LogP contribution in [0.5, 0.6) is 0 Å². The number of hydrogen-bond donors (Lipinski definition) is 0. The Kier molecular flexibility index (Phi) is 3.75. The highest BCUT2D eigenvalue weighted by Gasteiger charge is 2.22. The number of rotatable bonds is 3. The van der Waals surface area contributed by atoms with Crippen molar-refractivity contribution in [3.8, 4) is 0 Å². The summed E-state index contributed by atoms with van der Waals surface area (Å²) in [6, 6.07) is 1.81. The van der Waals surface area contributed by atoms with Crippen LogP contribution in [-0.2, 0) is 20.7 Å². The molecule has 1 aromatic rings. The number of ketones is 1. The first-order valence-corrected chi connectivity index (χ1v) is 5.96. The molecular formula is C10H11ClO3S. The lowest BCUT2D eigenvalue weighted by molar-refractivity contribution is -0.144. The number of carbonyl (C=O) groups excluding carboxylic acids is 1. The largest absolute Gasteiger partial charge is 0.376 e. The van der Waals surface area contributed by atoms with Gasteiger partial charge in [-0.25, -0.2) is 0 Å². The number of thiophene rings is 1. The van der Waals surface area contributed by atoms with Gasteiger partial charge in [0.05, 0.1) is 24.2 Å². The molecule has 0 saturated carbocycles. The van der Waals surface area contributed by atoms with Crippen molar-refractivity contribution in [3.63, 3.8) is 0 Å². The van der Waals surface area contributed by atoms with Crippen LogP contribution in [0.15, 0.2) is 11.4 Å². The molecule has 1 aliphatic heterocycles. The minimum Gasteiger partial charge on any atom is -0.376 e. The van der Waals surface area contributed by atoms with Crippen molar-refractivity contribution < 1.29 is 14.3 Å². The normalized spacial score (nSPS) is 21.5. The van der Waals surface area contributed by atoms with E-state index in [1.165, 1.54) is 11.3 Å². The summed E-state index contributed by atoms with van der Waals surface area (Å²) in [7, 11) is 0. The van der Waals surface area contributed by atoms with Crippen LogP contribution in [0.1, 0.15) is 5.56 Å². The third-order valence-electron chi connectivity index (χ3n) is 2.18. The molecule has 2 rings (SSSR count). The molecule has 0 aliphatic carbocycles. The Morgan fingerprint density at radius 1 is 1.60 bits per heavy atom. The van der Waals surface area contributed by atoms with Crippen LogP contribution in [0, 0.1) is 0 Å². The topological polar surface area (TPSA) is 35.5 Å². The SMILES string of the molecule is O=C(Cc1csc(Cl)c1)C1COCCO1. The van der Waals surface area contributed by atoms with Crippen LogP contribution in [0.3, 0.4) is 0 Å². The number of carbonyl (C=O) groups is 1. The smallest absolute Gasteiger partial charge is 0.168 e. The predicted octanol–water partition coefficient (Wildman–Crippen LogP) is 1.93. The fraction of sp³-hybridized carbons (Fsp3) is 0.500. The molecule has 0 bridgehead atoms. The van der Waals surface area contributed by atoms with E-state index in [1.54, 1.807) is 0 Å². The monoisotopic (exact) mass is 246 g/mol. The maximum absolute atomic E-state index is 11.7. The van der Waals surface area contributed by atoms with E-state index >= 15 is 0 Å². The molecule has 15 heavy (non-hydrogen) atoms. The first-order valence-electron chi connectivity index (χ1n) is 4.70. The minimum absolute atomic E-state index is 0.0594. The zero-order chi connectivity index (χ0) is 10.7. The fourth-order valence-corrected chi connectivity index (χ4v) is 2.34. The van der Waals surface area contributed by atoms with Gasteiger partial charge in [0, 0.05) is 6.42 Å². The lowest BCUT2D eigenvalue weighted by atomic mass is 10.1. The fourth-order valence-electron chi connectivity index (χ4n) is 1.43. The predicted molar refractivity (Wildman–Crippen MR) is 58.6 cm³/mol. The van der Waals surface area contributed by atoms with E-state index in [4.69, 9.17) is 21.1 Å². The molecule has 0 spiro atoms. The van der Waals surface area contributed by atoms with Crippen molar-refractivity contribution in [2.45, 2.75) is 12.5 Å². The summed E-state index contributed by atoms with van der Waals surface area (Å²) in [6.45, 7) is 1.45. The van der Waals surface area contributed by atoms with Crippen molar-refractivity contribution in [1.29, 1.82) is 0 Å². The lowest BCUT2D eigenvalue weighted by Gasteiger charge is -2.21. The van der Waals surface area contributed by atoms with Crippen LogP contribution < -0.4 is 0 Å². The van der Waals surface area contributed by atoms with Gasteiger partial charge in [0.25, 0.3) is 0 Å². The van der Waals surface area contributed by atoms with Gasteiger partial charge in [-0.15, -0.1) is 11.3 Å². The number of Topliss-reactive ketones (excluding diaryl/α,β-unsaturated/α-hetero) is 1. The van der Waals surface area contributed by atoms with E-state index in [9.17, 15) is 4.79 Å². The molecule has 0 radical (unpaired) electrons. The average Bonchev–Trinajstić information content (AvgIpc) is 2.65. The van der Waals surface area contributed by atoms with Crippen molar-refractivity contribution in [2.75, 3.05) is 19.8 Å². The molecule has 3 nitrogen and oxygen atoms in total. The Labute approximate surface area is 96.9 Å². The first-order chi connectivity index (χ1) is 7.25. The van der Waals surface area contributed by atoms with Gasteiger partial charge in [0.2, 0.25) is 0 Å². The number of ether oxygens (including phenoxy) is 2. The van der Waals surface area contributed by atoms with E-state index < -0.39 is 6.10 Å². The second-order valence-corrected chi connectivity index (χ2v) is 4.88. The quantitative estimate of drug-likeness (QED) is 0.818. The van der Waals surface area contributed by atoms with Gasteiger partial charge in [-0.2, -0.15) is 0 Å². The molecule has 1 unspecified atom stereocenters. The molecule has 5 heteroatoms. The molecule has 2 heterocycles. The molecule has 1 aromatic heterocycles. The summed E-state index contributed by atoms with van der Waals surface area (Å²) in [4.78, 5) is 11.7. The molecule has 1 saturated heterocycles. The maximum atomic E-state index is 11.7. The van der Waals surface area contributed by atoms with Crippen LogP contribution in [-0.4, -0.2) is 31.7 Å². The summed E-state index contributed by atoms with van der Waals surface area (Å²) >= 11 is 7.22. The Morgan fingerprint density at radius 2 is 2.47 bits per heavy atom. The molecule has 0 amide bonds. The number of halogens is 1. The van der Waals surface area contributed by atoms with E-state index in [0.29, 0.717) is 30.6 Å². The average molecular weight is 247 g/mol. The van der Waals surface area contributed by atoms with Gasteiger partial charge in [0.1, 0.15) is 6.10 Å². The Morgan fingerprint density at radius 3 is 3.07 bits per heavy atom.